The molecule has 0 saturated carbocycles. The summed E-state index contributed by atoms with van der Waals surface area (Å²) in [5, 5.41) is 16.1. The maximum absolute atomic E-state index is 11.6. The van der Waals surface area contributed by atoms with Crippen LogP contribution >= 0.6 is 0 Å². The molecular formula is C18H20N2O5. The van der Waals surface area contributed by atoms with E-state index >= 15 is 0 Å². The number of nitrogens with one attached hydrogen (secondary N) is 1. The lowest BCUT2D eigenvalue weighted by Gasteiger charge is -2.08. The van der Waals surface area contributed by atoms with Crippen LogP contribution in [0, 0.1) is 22.7 Å². The Morgan fingerprint density at radius 2 is 1.84 bits per heavy atom. The predicted octanol–water partition coefficient (Wildman–Crippen LogP) is 2.34. The Balaban J connectivity index is 2.26. The number of nitriles is 1. The van der Waals surface area contributed by atoms with Gasteiger partial charge in [0.25, 0.3) is 0 Å². The zero-order valence-electron chi connectivity index (χ0n) is 14.2. The SMILES string of the molecule is CC(=N)[C@H](C#N)C(=O)COC(=O)CCCOc1ccc(C(C)=O)cc1. The maximum Gasteiger partial charge on any atom is 0.306 e. The lowest BCUT2D eigenvalue weighted by molar-refractivity contribution is -0.148. The fourth-order valence-corrected chi connectivity index (χ4v) is 1.91. The van der Waals surface area contributed by atoms with Crippen LogP contribution in [-0.4, -0.2) is 36.5 Å². The number of Topliss-reactive ketones (excluding diaryl/α,β-unsaturated/α-hetero) is 2. The molecule has 0 radical (unpaired) electrons. The summed E-state index contributed by atoms with van der Waals surface area (Å²) in [6.45, 7) is 2.60. The van der Waals surface area contributed by atoms with Gasteiger partial charge in [-0.3, -0.25) is 14.4 Å². The molecule has 0 aliphatic rings. The minimum Gasteiger partial charge on any atom is -0.494 e. The van der Waals surface area contributed by atoms with Gasteiger partial charge in [-0.05, 0) is 44.5 Å². The quantitative estimate of drug-likeness (QED) is 0.301. The van der Waals surface area contributed by atoms with E-state index in [0.717, 1.165) is 0 Å². The molecule has 1 aromatic carbocycles. The molecule has 0 unspecified atom stereocenters. The van der Waals surface area contributed by atoms with E-state index in [9.17, 15) is 14.4 Å². The Labute approximate surface area is 146 Å². The van der Waals surface area contributed by atoms with Gasteiger partial charge in [-0.2, -0.15) is 5.26 Å². The average Bonchev–Trinajstić information content (AvgIpc) is 2.57. The molecule has 0 aliphatic heterocycles. The third-order valence-corrected chi connectivity index (χ3v) is 3.31. The Bertz CT molecular complexity index is 688. The lowest BCUT2D eigenvalue weighted by atomic mass is 10.0. The fourth-order valence-electron chi connectivity index (χ4n) is 1.91. The molecule has 1 atom stereocenters. The van der Waals surface area contributed by atoms with Crippen LogP contribution in [0.15, 0.2) is 24.3 Å². The summed E-state index contributed by atoms with van der Waals surface area (Å²) < 4.78 is 10.2. The predicted molar refractivity (Wildman–Crippen MR) is 89.6 cm³/mol. The van der Waals surface area contributed by atoms with Crippen LogP contribution < -0.4 is 4.74 Å². The lowest BCUT2D eigenvalue weighted by Crippen LogP contribution is -2.25. The summed E-state index contributed by atoms with van der Waals surface area (Å²) in [5.74, 6) is -1.78. The van der Waals surface area contributed by atoms with Gasteiger partial charge < -0.3 is 14.9 Å². The molecule has 0 bridgehead atoms. The van der Waals surface area contributed by atoms with Crippen molar-refractivity contribution < 1.29 is 23.9 Å². The van der Waals surface area contributed by atoms with Crippen LogP contribution in [0.3, 0.4) is 0 Å². The molecule has 1 N–H and O–H groups in total. The zero-order chi connectivity index (χ0) is 18.8. The molecule has 1 rings (SSSR count). The summed E-state index contributed by atoms with van der Waals surface area (Å²) >= 11 is 0. The number of carbonyl (C=O) groups is 3. The highest BCUT2D eigenvalue weighted by molar-refractivity contribution is 6.06. The van der Waals surface area contributed by atoms with Crippen molar-refractivity contribution in [2.45, 2.75) is 26.7 Å². The number of ketones is 2. The van der Waals surface area contributed by atoms with Crippen LogP contribution in [0.4, 0.5) is 0 Å². The zero-order valence-corrected chi connectivity index (χ0v) is 14.2. The van der Waals surface area contributed by atoms with E-state index in [-0.39, 0.29) is 24.5 Å². The highest BCUT2D eigenvalue weighted by Crippen LogP contribution is 2.13. The van der Waals surface area contributed by atoms with E-state index < -0.39 is 24.3 Å². The number of ether oxygens (including phenoxy) is 2. The summed E-state index contributed by atoms with van der Waals surface area (Å²) in [6, 6.07) is 8.37. The van der Waals surface area contributed by atoms with Gasteiger partial charge >= 0.3 is 5.97 Å². The first-order chi connectivity index (χ1) is 11.8. The van der Waals surface area contributed by atoms with Crippen molar-refractivity contribution in [2.75, 3.05) is 13.2 Å². The first kappa shape index (κ1) is 20.0. The van der Waals surface area contributed by atoms with Gasteiger partial charge in [0, 0.05) is 17.7 Å². The molecule has 0 amide bonds. The van der Waals surface area contributed by atoms with Crippen LogP contribution in [0.25, 0.3) is 0 Å². The van der Waals surface area contributed by atoms with Crippen molar-refractivity contribution in [2.24, 2.45) is 5.92 Å². The Kier molecular flexibility index (Phi) is 8.00. The van der Waals surface area contributed by atoms with Crippen LogP contribution in [0.1, 0.15) is 37.0 Å². The Morgan fingerprint density at radius 3 is 2.36 bits per heavy atom. The van der Waals surface area contributed by atoms with Crippen molar-refractivity contribution in [3.8, 4) is 11.8 Å². The van der Waals surface area contributed by atoms with Crippen molar-refractivity contribution in [1.82, 2.24) is 0 Å². The largest absolute Gasteiger partial charge is 0.494 e. The Hall–Kier alpha value is -3.01. The van der Waals surface area contributed by atoms with Crippen LogP contribution in [0.5, 0.6) is 5.75 Å². The molecule has 7 heteroatoms. The third-order valence-electron chi connectivity index (χ3n) is 3.31. The maximum atomic E-state index is 11.6. The number of carbonyl (C=O) groups excluding carboxylic acids is 3. The van der Waals surface area contributed by atoms with Gasteiger partial charge in [0.1, 0.15) is 11.7 Å². The van der Waals surface area contributed by atoms with Gasteiger partial charge in [0.15, 0.2) is 18.2 Å². The number of hydrogen-bond donors (Lipinski definition) is 1. The number of benzene rings is 1. The monoisotopic (exact) mass is 344 g/mol. The minimum atomic E-state index is -1.17. The number of rotatable bonds is 10. The first-order valence-electron chi connectivity index (χ1n) is 7.72. The van der Waals surface area contributed by atoms with Crippen molar-refractivity contribution in [3.63, 3.8) is 0 Å². The smallest absolute Gasteiger partial charge is 0.306 e. The molecule has 132 valence electrons. The molecule has 7 nitrogen and oxygen atoms in total. The number of nitrogens with zero attached hydrogens (tertiary/aromatic N) is 1. The van der Waals surface area contributed by atoms with Crippen molar-refractivity contribution >= 4 is 23.2 Å². The summed E-state index contributed by atoms with van der Waals surface area (Å²) in [7, 11) is 0. The molecule has 1 aromatic rings. The van der Waals surface area contributed by atoms with Gasteiger partial charge in [-0.15, -0.1) is 0 Å². The summed E-state index contributed by atoms with van der Waals surface area (Å²) in [6.07, 6.45) is 0.465. The minimum absolute atomic E-state index is 0.0271. The van der Waals surface area contributed by atoms with E-state index in [1.807, 2.05) is 0 Å². The number of esters is 1. The highest BCUT2D eigenvalue weighted by atomic mass is 16.5. The summed E-state index contributed by atoms with van der Waals surface area (Å²) in [4.78, 5) is 34.3. The highest BCUT2D eigenvalue weighted by Gasteiger charge is 2.21. The molecule has 0 aromatic heterocycles. The topological polar surface area (TPSA) is 117 Å². The van der Waals surface area contributed by atoms with Gasteiger partial charge in [-0.1, -0.05) is 0 Å². The van der Waals surface area contributed by atoms with Gasteiger partial charge in [0.2, 0.25) is 0 Å². The van der Waals surface area contributed by atoms with E-state index in [1.165, 1.54) is 13.8 Å². The molecule has 0 saturated heterocycles. The van der Waals surface area contributed by atoms with Crippen molar-refractivity contribution in [3.05, 3.63) is 29.8 Å². The standard InChI is InChI=1S/C18H20N2O5/c1-12(20)16(10-19)17(22)11-25-18(23)4-3-9-24-15-7-5-14(6-8-15)13(2)21/h5-8,16,20H,3-4,9,11H2,1-2H3/t16-/m0/s1. The van der Waals surface area contributed by atoms with Crippen molar-refractivity contribution in [1.29, 1.82) is 10.7 Å². The molecule has 0 spiro atoms. The third kappa shape index (κ3) is 6.96. The average molecular weight is 344 g/mol. The second-order valence-electron chi connectivity index (χ2n) is 5.40. The van der Waals surface area contributed by atoms with Gasteiger partial charge in [0.05, 0.1) is 12.7 Å². The molecular weight excluding hydrogens is 324 g/mol. The molecule has 0 aliphatic carbocycles. The molecule has 25 heavy (non-hydrogen) atoms. The number of hydrogen-bond acceptors (Lipinski definition) is 7. The van der Waals surface area contributed by atoms with Crippen LogP contribution in [0.2, 0.25) is 0 Å². The van der Waals surface area contributed by atoms with E-state index in [2.05, 4.69) is 0 Å². The van der Waals surface area contributed by atoms with Gasteiger partial charge in [-0.25, -0.2) is 0 Å². The second kappa shape index (κ2) is 9.98. The summed E-state index contributed by atoms with van der Waals surface area (Å²) in [5.41, 5.74) is 0.518. The normalized spacial score (nSPS) is 11.1. The van der Waals surface area contributed by atoms with Crippen LogP contribution in [-0.2, 0) is 14.3 Å². The molecule has 0 heterocycles. The Morgan fingerprint density at radius 1 is 1.20 bits per heavy atom. The van der Waals surface area contributed by atoms with E-state index in [4.69, 9.17) is 20.1 Å². The second-order valence-corrected chi connectivity index (χ2v) is 5.40. The first-order valence-corrected chi connectivity index (χ1v) is 7.72. The molecule has 0 fully saturated rings. The van der Waals surface area contributed by atoms with E-state index in [1.54, 1.807) is 30.3 Å². The van der Waals surface area contributed by atoms with E-state index in [0.29, 0.717) is 17.7 Å². The fraction of sp³-hybridized carbons (Fsp3) is 0.389.